The number of carbonyl (C=O) groups excluding carboxylic acids is 1. The number of pyridine rings is 1. The molecule has 0 radical (unpaired) electrons. The number of hydrogen-bond donors (Lipinski definition) is 3. The summed E-state index contributed by atoms with van der Waals surface area (Å²) in [6.07, 6.45) is 2.46. The third kappa shape index (κ3) is 6.10. The third-order valence-electron chi connectivity index (χ3n) is 1.21. The van der Waals surface area contributed by atoms with E-state index in [0.717, 1.165) is 0 Å². The first kappa shape index (κ1) is 12.5. The zero-order chi connectivity index (χ0) is 11.0. The first-order valence-corrected chi connectivity index (χ1v) is 4.06. The Kier molecular flexibility index (Phi) is 6.26. The highest BCUT2D eigenvalue weighted by molar-refractivity contribution is 5.92. The second kappa shape index (κ2) is 6.99. The van der Waals surface area contributed by atoms with E-state index < -0.39 is 12.0 Å². The number of amides is 1. The van der Waals surface area contributed by atoms with Gasteiger partial charge in [0.25, 0.3) is 0 Å². The van der Waals surface area contributed by atoms with Crippen molar-refractivity contribution in [2.45, 2.75) is 13.0 Å². The fourth-order valence-electron chi connectivity index (χ4n) is 0.509. The Morgan fingerprint density at radius 1 is 1.71 bits per heavy atom. The Hall–Kier alpha value is -1.46. The molecule has 0 saturated carbocycles. The standard InChI is InChI=1S/C6H6N2O.C3H8O2/c7-6(9)5-2-1-3-8-4-5;1-3(5)2-4/h1-4H,(H2,7,9);3-5H,2H2,1H3. The summed E-state index contributed by atoms with van der Waals surface area (Å²) in [5, 5.41) is 16.0. The summed E-state index contributed by atoms with van der Waals surface area (Å²) in [5.74, 6) is -0.442. The molecule has 14 heavy (non-hydrogen) atoms. The first-order chi connectivity index (χ1) is 6.57. The monoisotopic (exact) mass is 198 g/mol. The molecule has 0 aromatic carbocycles. The van der Waals surface area contributed by atoms with Gasteiger partial charge in [-0.3, -0.25) is 9.78 Å². The van der Waals surface area contributed by atoms with E-state index in [1.54, 1.807) is 18.3 Å². The van der Waals surface area contributed by atoms with E-state index >= 15 is 0 Å². The maximum absolute atomic E-state index is 10.4. The first-order valence-electron chi connectivity index (χ1n) is 4.06. The van der Waals surface area contributed by atoms with Crippen LogP contribution in [0.4, 0.5) is 0 Å². The molecule has 0 spiro atoms. The van der Waals surface area contributed by atoms with Gasteiger partial charge in [0.05, 0.1) is 18.3 Å². The SMILES string of the molecule is CC(O)CO.NC(=O)c1cccnc1. The van der Waals surface area contributed by atoms with Crippen LogP contribution >= 0.6 is 0 Å². The number of nitrogens with zero attached hydrogens (tertiary/aromatic N) is 1. The van der Waals surface area contributed by atoms with Gasteiger partial charge in [-0.25, -0.2) is 0 Å². The predicted molar refractivity (Wildman–Crippen MR) is 51.5 cm³/mol. The molecule has 4 N–H and O–H groups in total. The number of hydrogen-bond acceptors (Lipinski definition) is 4. The van der Waals surface area contributed by atoms with Gasteiger partial charge < -0.3 is 15.9 Å². The number of nitrogens with two attached hydrogens (primary N) is 1. The fraction of sp³-hybridized carbons (Fsp3) is 0.333. The number of primary amides is 1. The van der Waals surface area contributed by atoms with Crippen LogP contribution in [-0.2, 0) is 0 Å². The van der Waals surface area contributed by atoms with Gasteiger partial charge in [0.15, 0.2) is 0 Å². The van der Waals surface area contributed by atoms with Crippen molar-refractivity contribution in [3.63, 3.8) is 0 Å². The maximum atomic E-state index is 10.4. The summed E-state index contributed by atoms with van der Waals surface area (Å²) >= 11 is 0. The lowest BCUT2D eigenvalue weighted by molar-refractivity contribution is 0.1000. The highest BCUT2D eigenvalue weighted by atomic mass is 16.3. The second-order valence-electron chi connectivity index (χ2n) is 2.64. The van der Waals surface area contributed by atoms with Gasteiger partial charge in [0.1, 0.15) is 0 Å². The molecule has 0 aliphatic heterocycles. The van der Waals surface area contributed by atoms with Crippen molar-refractivity contribution >= 4 is 5.91 Å². The van der Waals surface area contributed by atoms with Crippen molar-refractivity contribution in [1.29, 1.82) is 0 Å². The topological polar surface area (TPSA) is 96.4 Å². The smallest absolute Gasteiger partial charge is 0.250 e. The molecule has 0 saturated heterocycles. The molecule has 1 heterocycles. The van der Waals surface area contributed by atoms with E-state index in [0.29, 0.717) is 5.56 Å². The van der Waals surface area contributed by atoms with Crippen LogP contribution < -0.4 is 5.73 Å². The Balaban J connectivity index is 0.000000292. The summed E-state index contributed by atoms with van der Waals surface area (Å²) in [7, 11) is 0. The molecular formula is C9H14N2O3. The van der Waals surface area contributed by atoms with E-state index in [4.69, 9.17) is 15.9 Å². The second-order valence-corrected chi connectivity index (χ2v) is 2.64. The maximum Gasteiger partial charge on any atom is 0.250 e. The van der Waals surface area contributed by atoms with Crippen LogP contribution in [0.15, 0.2) is 24.5 Å². The molecule has 0 fully saturated rings. The summed E-state index contributed by atoms with van der Waals surface area (Å²) < 4.78 is 0. The van der Waals surface area contributed by atoms with Crippen LogP contribution in [0.1, 0.15) is 17.3 Å². The predicted octanol–water partition coefficient (Wildman–Crippen LogP) is -0.460. The van der Waals surface area contributed by atoms with E-state index in [9.17, 15) is 4.79 Å². The van der Waals surface area contributed by atoms with E-state index in [-0.39, 0.29) is 6.61 Å². The Labute approximate surface area is 82.2 Å². The van der Waals surface area contributed by atoms with Crippen LogP contribution in [0.3, 0.4) is 0 Å². The van der Waals surface area contributed by atoms with Crippen molar-refractivity contribution < 1.29 is 15.0 Å². The van der Waals surface area contributed by atoms with E-state index in [1.807, 2.05) is 0 Å². The molecule has 1 atom stereocenters. The minimum absolute atomic E-state index is 0.139. The lowest BCUT2D eigenvalue weighted by atomic mass is 10.3. The van der Waals surface area contributed by atoms with Gasteiger partial charge in [-0.05, 0) is 19.1 Å². The normalized spacial score (nSPS) is 11.1. The Morgan fingerprint density at radius 2 is 2.29 bits per heavy atom. The van der Waals surface area contributed by atoms with Crippen LogP contribution in [-0.4, -0.2) is 33.8 Å². The Morgan fingerprint density at radius 3 is 2.50 bits per heavy atom. The van der Waals surface area contributed by atoms with Crippen LogP contribution in [0.2, 0.25) is 0 Å². The highest BCUT2D eigenvalue weighted by Crippen LogP contribution is 1.91. The molecule has 0 aliphatic carbocycles. The summed E-state index contributed by atoms with van der Waals surface area (Å²) in [5.41, 5.74) is 5.38. The van der Waals surface area contributed by atoms with Crippen molar-refractivity contribution in [3.8, 4) is 0 Å². The van der Waals surface area contributed by atoms with Crippen molar-refractivity contribution in [3.05, 3.63) is 30.1 Å². The van der Waals surface area contributed by atoms with Crippen LogP contribution in [0, 0.1) is 0 Å². The minimum Gasteiger partial charge on any atom is -0.394 e. The number of carbonyl (C=O) groups is 1. The summed E-state index contributed by atoms with van der Waals surface area (Å²) in [6, 6.07) is 3.29. The molecule has 0 aliphatic rings. The Bertz CT molecular complexity index is 262. The van der Waals surface area contributed by atoms with Crippen molar-refractivity contribution in [1.82, 2.24) is 4.98 Å². The molecule has 1 rings (SSSR count). The number of rotatable bonds is 2. The molecule has 1 aromatic rings. The van der Waals surface area contributed by atoms with Crippen molar-refractivity contribution in [2.75, 3.05) is 6.61 Å². The molecule has 1 unspecified atom stereocenters. The minimum atomic E-state index is -0.560. The van der Waals surface area contributed by atoms with Crippen LogP contribution in [0.5, 0.6) is 0 Å². The molecule has 5 heteroatoms. The zero-order valence-corrected chi connectivity index (χ0v) is 7.92. The summed E-state index contributed by atoms with van der Waals surface area (Å²) in [6.45, 7) is 1.39. The van der Waals surface area contributed by atoms with Gasteiger partial charge in [-0.1, -0.05) is 0 Å². The van der Waals surface area contributed by atoms with E-state index in [1.165, 1.54) is 13.1 Å². The van der Waals surface area contributed by atoms with Gasteiger partial charge >= 0.3 is 0 Å². The molecule has 5 nitrogen and oxygen atoms in total. The lowest BCUT2D eigenvalue weighted by Gasteiger charge is -1.90. The molecule has 1 amide bonds. The quantitative estimate of drug-likeness (QED) is 0.599. The largest absolute Gasteiger partial charge is 0.394 e. The van der Waals surface area contributed by atoms with Gasteiger partial charge in [-0.2, -0.15) is 0 Å². The fourth-order valence-corrected chi connectivity index (χ4v) is 0.509. The molecule has 0 bridgehead atoms. The average molecular weight is 198 g/mol. The highest BCUT2D eigenvalue weighted by Gasteiger charge is 1.94. The van der Waals surface area contributed by atoms with E-state index in [2.05, 4.69) is 4.98 Å². The van der Waals surface area contributed by atoms with Gasteiger partial charge in [0.2, 0.25) is 5.91 Å². The molecule has 1 aromatic heterocycles. The zero-order valence-electron chi connectivity index (χ0n) is 7.92. The van der Waals surface area contributed by atoms with Gasteiger partial charge in [-0.15, -0.1) is 0 Å². The molecular weight excluding hydrogens is 184 g/mol. The lowest BCUT2D eigenvalue weighted by Crippen LogP contribution is -2.10. The average Bonchev–Trinajstić information content (AvgIpc) is 2.20. The number of aliphatic hydroxyl groups excluding tert-OH is 2. The number of aromatic nitrogens is 1. The number of aliphatic hydroxyl groups is 2. The third-order valence-corrected chi connectivity index (χ3v) is 1.21. The van der Waals surface area contributed by atoms with Gasteiger partial charge in [0, 0.05) is 12.4 Å². The molecule has 78 valence electrons. The van der Waals surface area contributed by atoms with Crippen LogP contribution in [0.25, 0.3) is 0 Å². The van der Waals surface area contributed by atoms with Crippen molar-refractivity contribution in [2.24, 2.45) is 5.73 Å². The summed E-state index contributed by atoms with van der Waals surface area (Å²) in [4.78, 5) is 14.1.